The van der Waals surface area contributed by atoms with Gasteiger partial charge in [0.15, 0.2) is 0 Å². The first-order chi connectivity index (χ1) is 14.5. The van der Waals surface area contributed by atoms with Crippen LogP contribution in [0.1, 0.15) is 39.8 Å². The average Bonchev–Trinajstić information content (AvgIpc) is 3.09. The van der Waals surface area contributed by atoms with E-state index >= 15 is 0 Å². The third kappa shape index (κ3) is 3.82. The van der Waals surface area contributed by atoms with Gasteiger partial charge in [0.25, 0.3) is 0 Å². The monoisotopic (exact) mass is 425 g/mol. The summed E-state index contributed by atoms with van der Waals surface area (Å²) in [5, 5.41) is 1.11. The number of methoxy groups -OCH3 is 2. The molecule has 0 fully saturated rings. The fourth-order valence-corrected chi connectivity index (χ4v) is 5.61. The molecule has 0 saturated heterocycles. The number of esters is 1. The molecular formula is C24H27NO4S. The number of fused-ring (bicyclic) bond motifs is 3. The molecule has 0 saturated carbocycles. The zero-order valence-corrected chi connectivity index (χ0v) is 18.7. The molecule has 0 spiro atoms. The van der Waals surface area contributed by atoms with E-state index in [9.17, 15) is 4.79 Å². The number of hydrogen-bond donors (Lipinski definition) is 0. The van der Waals surface area contributed by atoms with Crippen molar-refractivity contribution in [1.82, 2.24) is 4.98 Å². The van der Waals surface area contributed by atoms with Crippen LogP contribution in [0.2, 0.25) is 0 Å². The second-order valence-corrected chi connectivity index (χ2v) is 8.92. The van der Waals surface area contributed by atoms with Crippen LogP contribution in [0.15, 0.2) is 24.3 Å². The quantitative estimate of drug-likeness (QED) is 0.401. The van der Waals surface area contributed by atoms with Gasteiger partial charge in [-0.15, -0.1) is 11.3 Å². The lowest BCUT2D eigenvalue weighted by atomic mass is 9.86. The minimum atomic E-state index is -0.353. The molecule has 5 nitrogen and oxygen atoms in total. The van der Waals surface area contributed by atoms with Gasteiger partial charge in [0.1, 0.15) is 17.2 Å². The Morgan fingerprint density at radius 3 is 2.67 bits per heavy atom. The number of benzene rings is 1. The molecule has 1 aliphatic rings. The van der Waals surface area contributed by atoms with Crippen LogP contribution >= 0.6 is 11.3 Å². The van der Waals surface area contributed by atoms with Crippen LogP contribution in [0, 0.1) is 12.8 Å². The highest BCUT2D eigenvalue weighted by molar-refractivity contribution is 7.19. The predicted octanol–water partition coefficient (Wildman–Crippen LogP) is 5.21. The Labute approximate surface area is 181 Å². The number of ether oxygens (including phenoxy) is 3. The maximum atomic E-state index is 13.1. The second kappa shape index (κ2) is 8.74. The fourth-order valence-electron chi connectivity index (χ4n) is 4.17. The van der Waals surface area contributed by atoms with Crippen molar-refractivity contribution in [2.75, 3.05) is 27.4 Å². The van der Waals surface area contributed by atoms with Gasteiger partial charge in [-0.2, -0.15) is 0 Å². The summed E-state index contributed by atoms with van der Waals surface area (Å²) < 4.78 is 15.9. The first-order valence-electron chi connectivity index (χ1n) is 10.3. The van der Waals surface area contributed by atoms with Crippen molar-refractivity contribution in [3.8, 4) is 16.9 Å². The van der Waals surface area contributed by atoms with Crippen molar-refractivity contribution in [2.24, 2.45) is 5.92 Å². The summed E-state index contributed by atoms with van der Waals surface area (Å²) in [6, 6.07) is 7.87. The Kier molecular flexibility index (Phi) is 6.06. The van der Waals surface area contributed by atoms with E-state index in [0.29, 0.717) is 23.8 Å². The number of carbonyl (C=O) groups is 1. The van der Waals surface area contributed by atoms with E-state index in [1.54, 1.807) is 25.6 Å². The molecule has 158 valence electrons. The SMILES string of the molecule is COCCOC(=O)c1c(C)nc2sc3c(c2c1-c1ccc(OC)cc1)CCC(C)C3. The van der Waals surface area contributed by atoms with Crippen molar-refractivity contribution in [3.63, 3.8) is 0 Å². The number of hydrogen-bond acceptors (Lipinski definition) is 6. The molecule has 1 aliphatic carbocycles. The molecule has 0 N–H and O–H groups in total. The van der Waals surface area contributed by atoms with Crippen LogP contribution in [0.25, 0.3) is 21.3 Å². The molecule has 6 heteroatoms. The minimum absolute atomic E-state index is 0.216. The van der Waals surface area contributed by atoms with Crippen molar-refractivity contribution in [2.45, 2.75) is 33.1 Å². The molecule has 3 aromatic rings. The van der Waals surface area contributed by atoms with E-state index in [0.717, 1.165) is 46.4 Å². The third-order valence-electron chi connectivity index (χ3n) is 5.73. The van der Waals surface area contributed by atoms with E-state index in [1.165, 1.54) is 10.4 Å². The summed E-state index contributed by atoms with van der Waals surface area (Å²) in [5.74, 6) is 1.11. The fraction of sp³-hybridized carbons (Fsp3) is 0.417. The second-order valence-electron chi connectivity index (χ2n) is 7.84. The maximum Gasteiger partial charge on any atom is 0.340 e. The summed E-state index contributed by atoms with van der Waals surface area (Å²) in [5.41, 5.74) is 4.49. The summed E-state index contributed by atoms with van der Waals surface area (Å²) in [4.78, 5) is 20.3. The van der Waals surface area contributed by atoms with Gasteiger partial charge < -0.3 is 14.2 Å². The Morgan fingerprint density at radius 2 is 1.97 bits per heavy atom. The number of thiophene rings is 1. The molecule has 2 aromatic heterocycles. The number of pyridine rings is 1. The maximum absolute atomic E-state index is 13.1. The largest absolute Gasteiger partial charge is 0.497 e. The predicted molar refractivity (Wildman–Crippen MR) is 120 cm³/mol. The number of nitrogens with zero attached hydrogens (tertiary/aromatic N) is 1. The van der Waals surface area contributed by atoms with Crippen molar-refractivity contribution in [1.29, 1.82) is 0 Å². The lowest BCUT2D eigenvalue weighted by Crippen LogP contribution is -2.14. The highest BCUT2D eigenvalue weighted by Gasteiger charge is 2.28. The van der Waals surface area contributed by atoms with E-state index in [4.69, 9.17) is 19.2 Å². The number of rotatable bonds is 6. The van der Waals surface area contributed by atoms with Gasteiger partial charge in [0.2, 0.25) is 0 Å². The Morgan fingerprint density at radius 1 is 1.20 bits per heavy atom. The average molecular weight is 426 g/mol. The van der Waals surface area contributed by atoms with Crippen LogP contribution in [0.5, 0.6) is 5.75 Å². The topological polar surface area (TPSA) is 57.7 Å². The standard InChI is InChI=1S/C24H27NO4S/c1-14-5-10-18-19(13-14)30-23-22(18)21(16-6-8-17(28-4)9-7-16)20(15(2)25-23)24(26)29-12-11-27-3/h6-9,14H,5,10-13H2,1-4H3. The Balaban J connectivity index is 1.94. The van der Waals surface area contributed by atoms with Gasteiger partial charge in [-0.3, -0.25) is 0 Å². The van der Waals surface area contributed by atoms with Gasteiger partial charge in [-0.05, 0) is 55.4 Å². The van der Waals surface area contributed by atoms with Crippen LogP contribution < -0.4 is 4.74 Å². The van der Waals surface area contributed by atoms with Gasteiger partial charge in [-0.1, -0.05) is 19.1 Å². The zero-order valence-electron chi connectivity index (χ0n) is 17.9. The molecule has 0 aliphatic heterocycles. The molecule has 1 atom stereocenters. The number of carbonyl (C=O) groups excluding carboxylic acids is 1. The lowest BCUT2D eigenvalue weighted by molar-refractivity contribution is 0.0388. The summed E-state index contributed by atoms with van der Waals surface area (Å²) in [7, 11) is 3.24. The van der Waals surface area contributed by atoms with E-state index in [1.807, 2.05) is 31.2 Å². The first kappa shape index (κ1) is 20.8. The van der Waals surface area contributed by atoms with Crippen LogP contribution in [0.3, 0.4) is 0 Å². The molecule has 2 heterocycles. The van der Waals surface area contributed by atoms with Crippen molar-refractivity contribution >= 4 is 27.5 Å². The molecule has 0 radical (unpaired) electrons. The first-order valence-corrected chi connectivity index (χ1v) is 11.1. The normalized spacial score (nSPS) is 15.8. The number of aryl methyl sites for hydroxylation is 2. The van der Waals surface area contributed by atoms with Crippen molar-refractivity contribution in [3.05, 3.63) is 46.0 Å². The molecule has 0 amide bonds. The van der Waals surface area contributed by atoms with Gasteiger partial charge in [0, 0.05) is 22.9 Å². The Hall–Kier alpha value is -2.44. The van der Waals surface area contributed by atoms with Gasteiger partial charge >= 0.3 is 5.97 Å². The lowest BCUT2D eigenvalue weighted by Gasteiger charge is -2.19. The molecule has 30 heavy (non-hydrogen) atoms. The highest BCUT2D eigenvalue weighted by Crippen LogP contribution is 2.44. The molecule has 1 unspecified atom stereocenters. The molecule has 0 bridgehead atoms. The zero-order chi connectivity index (χ0) is 21.3. The smallest absolute Gasteiger partial charge is 0.340 e. The summed E-state index contributed by atoms with van der Waals surface area (Å²) in [6.07, 6.45) is 3.25. The van der Waals surface area contributed by atoms with Gasteiger partial charge in [-0.25, -0.2) is 9.78 Å². The Bertz CT molecular complexity index is 1070. The molecule has 4 rings (SSSR count). The van der Waals surface area contributed by atoms with Crippen molar-refractivity contribution < 1.29 is 19.0 Å². The van der Waals surface area contributed by atoms with Crippen LogP contribution in [-0.4, -0.2) is 38.4 Å². The van der Waals surface area contributed by atoms with Crippen LogP contribution in [-0.2, 0) is 22.3 Å². The highest BCUT2D eigenvalue weighted by atomic mass is 32.1. The summed E-state index contributed by atoms with van der Waals surface area (Å²) in [6.45, 7) is 4.77. The van der Waals surface area contributed by atoms with Gasteiger partial charge in [0.05, 0.1) is 25.0 Å². The van der Waals surface area contributed by atoms with Crippen LogP contribution in [0.4, 0.5) is 0 Å². The van der Waals surface area contributed by atoms with E-state index in [2.05, 4.69) is 6.92 Å². The molecular weight excluding hydrogens is 398 g/mol. The minimum Gasteiger partial charge on any atom is -0.497 e. The van der Waals surface area contributed by atoms with E-state index in [-0.39, 0.29) is 12.6 Å². The summed E-state index contributed by atoms with van der Waals surface area (Å²) >= 11 is 1.77. The number of aromatic nitrogens is 1. The third-order valence-corrected chi connectivity index (χ3v) is 6.88. The van der Waals surface area contributed by atoms with E-state index < -0.39 is 0 Å². The molecule has 1 aromatic carbocycles.